The number of carbonyl (C=O) groups excluding carboxylic acids is 1. The quantitative estimate of drug-likeness (QED) is 0.667. The number of rotatable bonds is 8. The zero-order valence-corrected chi connectivity index (χ0v) is 17.6. The Kier molecular flexibility index (Phi) is 6.91. The van der Waals surface area contributed by atoms with Gasteiger partial charge in [-0.3, -0.25) is 4.79 Å². The van der Waals surface area contributed by atoms with Gasteiger partial charge < -0.3 is 19.2 Å². The molecule has 0 aliphatic carbocycles. The van der Waals surface area contributed by atoms with Gasteiger partial charge in [0.1, 0.15) is 17.0 Å². The maximum Gasteiger partial charge on any atom is 0.277 e. The Morgan fingerprint density at radius 1 is 1.21 bits per heavy atom. The number of amides is 1. The zero-order valence-electron chi connectivity index (χ0n) is 16.8. The molecule has 0 saturated heterocycles. The van der Waals surface area contributed by atoms with Crippen LogP contribution in [-0.2, 0) is 4.79 Å². The van der Waals surface area contributed by atoms with Crippen LogP contribution in [0.25, 0.3) is 11.5 Å². The summed E-state index contributed by atoms with van der Waals surface area (Å²) in [6.07, 6.45) is 0. The Balaban J connectivity index is 2.13. The average Bonchev–Trinajstić information content (AvgIpc) is 3.15. The van der Waals surface area contributed by atoms with Crippen LogP contribution in [0.2, 0.25) is 0 Å². The summed E-state index contributed by atoms with van der Waals surface area (Å²) < 4.78 is 16.2. The molecule has 0 fully saturated rings. The normalized spacial score (nSPS) is 14.1. The minimum atomic E-state index is -0.941. The molecule has 1 aromatic carbocycles. The van der Waals surface area contributed by atoms with Gasteiger partial charge in [-0.15, -0.1) is 10.2 Å². The SMILES string of the molecule is COc1cc(OC)cc(-c2nnc(S[C@@H](C)C(=O)N[C@](C)(C#N)C(C)C)o2)c1. The number of hydrogen-bond donors (Lipinski definition) is 1. The highest BCUT2D eigenvalue weighted by molar-refractivity contribution is 8.00. The molecule has 9 heteroatoms. The van der Waals surface area contributed by atoms with Gasteiger partial charge >= 0.3 is 0 Å². The van der Waals surface area contributed by atoms with E-state index in [1.54, 1.807) is 46.3 Å². The Labute approximate surface area is 168 Å². The van der Waals surface area contributed by atoms with Crippen molar-refractivity contribution >= 4 is 17.7 Å². The van der Waals surface area contributed by atoms with Crippen molar-refractivity contribution in [3.05, 3.63) is 18.2 Å². The fourth-order valence-electron chi connectivity index (χ4n) is 2.17. The molecule has 0 saturated carbocycles. The van der Waals surface area contributed by atoms with Gasteiger partial charge in [-0.2, -0.15) is 5.26 Å². The van der Waals surface area contributed by atoms with Gasteiger partial charge in [-0.1, -0.05) is 25.6 Å². The number of aromatic nitrogens is 2. The lowest BCUT2D eigenvalue weighted by Gasteiger charge is -2.28. The number of nitrogens with one attached hydrogen (secondary N) is 1. The molecule has 0 spiro atoms. The van der Waals surface area contributed by atoms with Crippen molar-refractivity contribution in [3.63, 3.8) is 0 Å². The van der Waals surface area contributed by atoms with Gasteiger partial charge in [0.05, 0.1) is 25.5 Å². The lowest BCUT2D eigenvalue weighted by atomic mass is 9.90. The average molecular weight is 404 g/mol. The summed E-state index contributed by atoms with van der Waals surface area (Å²) in [5.74, 6) is 1.18. The molecule has 2 rings (SSSR count). The van der Waals surface area contributed by atoms with Crippen LogP contribution in [-0.4, -0.2) is 41.1 Å². The van der Waals surface area contributed by atoms with Crippen LogP contribution < -0.4 is 14.8 Å². The van der Waals surface area contributed by atoms with Crippen LogP contribution in [0.3, 0.4) is 0 Å². The number of nitrogens with zero attached hydrogens (tertiary/aromatic N) is 3. The highest BCUT2D eigenvalue weighted by atomic mass is 32.2. The van der Waals surface area contributed by atoms with Gasteiger partial charge in [0.25, 0.3) is 5.22 Å². The first-order chi connectivity index (χ1) is 13.2. The summed E-state index contributed by atoms with van der Waals surface area (Å²) in [5.41, 5.74) is -0.298. The highest BCUT2D eigenvalue weighted by Crippen LogP contribution is 2.31. The third-order valence-corrected chi connectivity index (χ3v) is 5.36. The second-order valence-electron chi connectivity index (χ2n) is 6.69. The summed E-state index contributed by atoms with van der Waals surface area (Å²) in [7, 11) is 3.11. The number of nitriles is 1. The molecule has 0 unspecified atom stereocenters. The molecular formula is C19H24N4O4S. The van der Waals surface area contributed by atoms with Crippen LogP contribution in [0.1, 0.15) is 27.7 Å². The number of benzene rings is 1. The van der Waals surface area contributed by atoms with E-state index < -0.39 is 10.8 Å². The van der Waals surface area contributed by atoms with Crippen molar-refractivity contribution in [3.8, 4) is 29.0 Å². The number of thioether (sulfide) groups is 1. The Morgan fingerprint density at radius 2 is 1.82 bits per heavy atom. The molecule has 0 radical (unpaired) electrons. The van der Waals surface area contributed by atoms with Gasteiger partial charge in [0, 0.05) is 11.6 Å². The van der Waals surface area contributed by atoms with E-state index in [4.69, 9.17) is 13.9 Å². The van der Waals surface area contributed by atoms with Crippen molar-refractivity contribution in [1.82, 2.24) is 15.5 Å². The Morgan fingerprint density at radius 3 is 2.32 bits per heavy atom. The van der Waals surface area contributed by atoms with E-state index in [0.717, 1.165) is 11.8 Å². The Bertz CT molecular complexity index is 855. The largest absolute Gasteiger partial charge is 0.497 e. The van der Waals surface area contributed by atoms with E-state index in [-0.39, 0.29) is 22.9 Å². The summed E-state index contributed by atoms with van der Waals surface area (Å²) in [4.78, 5) is 12.5. The maximum atomic E-state index is 12.5. The first kappa shape index (κ1) is 21.6. The summed E-state index contributed by atoms with van der Waals surface area (Å²) in [6, 6.07) is 7.40. The first-order valence-electron chi connectivity index (χ1n) is 8.69. The zero-order chi connectivity index (χ0) is 20.9. The number of methoxy groups -OCH3 is 2. The molecule has 0 aliphatic rings. The number of hydrogen-bond acceptors (Lipinski definition) is 8. The van der Waals surface area contributed by atoms with Crippen LogP contribution in [0.4, 0.5) is 0 Å². The molecular weight excluding hydrogens is 380 g/mol. The van der Waals surface area contributed by atoms with E-state index in [0.29, 0.717) is 17.1 Å². The van der Waals surface area contributed by atoms with Crippen molar-refractivity contribution in [2.75, 3.05) is 14.2 Å². The lowest BCUT2D eigenvalue weighted by Crippen LogP contribution is -2.51. The van der Waals surface area contributed by atoms with E-state index in [1.807, 2.05) is 13.8 Å². The maximum absolute atomic E-state index is 12.5. The monoisotopic (exact) mass is 404 g/mol. The van der Waals surface area contributed by atoms with Crippen molar-refractivity contribution in [1.29, 1.82) is 5.26 Å². The van der Waals surface area contributed by atoms with E-state index in [1.165, 1.54) is 0 Å². The second-order valence-corrected chi connectivity index (χ2v) is 7.98. The molecule has 150 valence electrons. The number of carbonyl (C=O) groups is 1. The molecule has 28 heavy (non-hydrogen) atoms. The molecule has 0 bridgehead atoms. The van der Waals surface area contributed by atoms with Gasteiger partial charge in [-0.05, 0) is 31.9 Å². The first-order valence-corrected chi connectivity index (χ1v) is 9.57. The second kappa shape index (κ2) is 8.97. The Hall–Kier alpha value is -2.73. The predicted octanol–water partition coefficient (Wildman–Crippen LogP) is 3.29. The molecule has 1 heterocycles. The van der Waals surface area contributed by atoms with Gasteiger partial charge in [-0.25, -0.2) is 0 Å². The molecule has 2 atom stereocenters. The third-order valence-electron chi connectivity index (χ3n) is 4.42. The minimum absolute atomic E-state index is 0.0308. The van der Waals surface area contributed by atoms with Crippen LogP contribution in [0.15, 0.2) is 27.8 Å². The van der Waals surface area contributed by atoms with E-state index >= 15 is 0 Å². The highest BCUT2D eigenvalue weighted by Gasteiger charge is 2.32. The smallest absolute Gasteiger partial charge is 0.277 e. The van der Waals surface area contributed by atoms with Gasteiger partial charge in [0.15, 0.2) is 0 Å². The lowest BCUT2D eigenvalue weighted by molar-refractivity contribution is -0.121. The topological polar surface area (TPSA) is 110 Å². The van der Waals surface area contributed by atoms with E-state index in [9.17, 15) is 10.1 Å². The van der Waals surface area contributed by atoms with E-state index in [2.05, 4.69) is 21.6 Å². The molecule has 1 N–H and O–H groups in total. The van der Waals surface area contributed by atoms with Crippen molar-refractivity contribution in [2.24, 2.45) is 5.92 Å². The standard InChI is InChI=1S/C19H24N4O4S/c1-11(2)19(4,10-20)21-16(24)12(3)28-18-23-22-17(27-18)13-7-14(25-5)9-15(8-13)26-6/h7-9,11-12H,1-6H3,(H,21,24)/t12-,19+/m0/s1. The number of ether oxygens (including phenoxy) is 2. The van der Waals surface area contributed by atoms with Crippen molar-refractivity contribution in [2.45, 2.75) is 43.7 Å². The molecule has 2 aromatic rings. The summed E-state index contributed by atoms with van der Waals surface area (Å²) in [6.45, 7) is 7.19. The molecule has 1 aromatic heterocycles. The van der Waals surface area contributed by atoms with Crippen LogP contribution >= 0.6 is 11.8 Å². The molecule has 8 nitrogen and oxygen atoms in total. The predicted molar refractivity (Wildman–Crippen MR) is 105 cm³/mol. The van der Waals surface area contributed by atoms with Gasteiger partial charge in [0.2, 0.25) is 11.8 Å². The molecule has 0 aliphatic heterocycles. The molecule has 1 amide bonds. The fourth-order valence-corrected chi connectivity index (χ4v) is 2.85. The fraction of sp³-hybridized carbons (Fsp3) is 0.474. The summed E-state index contributed by atoms with van der Waals surface area (Å²) in [5, 5.41) is 19.9. The third kappa shape index (κ3) is 4.95. The summed E-state index contributed by atoms with van der Waals surface area (Å²) >= 11 is 1.13. The van der Waals surface area contributed by atoms with Crippen molar-refractivity contribution < 1.29 is 18.7 Å². The van der Waals surface area contributed by atoms with Crippen LogP contribution in [0.5, 0.6) is 11.5 Å². The minimum Gasteiger partial charge on any atom is -0.497 e. The van der Waals surface area contributed by atoms with Crippen LogP contribution in [0, 0.1) is 17.2 Å².